The molecule has 1 aliphatic carbocycles. The Balaban J connectivity index is 1.61. The van der Waals surface area contributed by atoms with Crippen molar-refractivity contribution in [1.29, 1.82) is 0 Å². The highest BCUT2D eigenvalue weighted by Crippen LogP contribution is 2.54. The minimum atomic E-state index is -4.90. The van der Waals surface area contributed by atoms with Gasteiger partial charge in [0.1, 0.15) is 47.8 Å². The molecule has 7 amide bonds. The van der Waals surface area contributed by atoms with Gasteiger partial charge in [-0.15, -0.1) is 0 Å². The van der Waals surface area contributed by atoms with E-state index in [1.165, 1.54) is 25.9 Å². The number of amides is 7. The first-order chi connectivity index (χ1) is 28.5. The van der Waals surface area contributed by atoms with E-state index in [1.807, 2.05) is 13.8 Å². The van der Waals surface area contributed by atoms with E-state index < -0.39 is 121 Å². The number of carbonyl (C=O) groups excluding carboxylic acids is 7. The molecule has 0 unspecified atom stereocenters. The van der Waals surface area contributed by atoms with Gasteiger partial charge in [0.2, 0.25) is 41.4 Å². The summed E-state index contributed by atoms with van der Waals surface area (Å²) < 4.78 is 57.0. The number of halogens is 6. The molecule has 3 aliphatic rings. The molecule has 61 heavy (non-hydrogen) atoms. The minimum Gasteiger partial charge on any atom is -0.354 e. The van der Waals surface area contributed by atoms with Gasteiger partial charge in [-0.1, -0.05) is 50.4 Å². The average molecular weight is 907 g/mol. The van der Waals surface area contributed by atoms with Crippen LogP contribution in [-0.4, -0.2) is 132 Å². The van der Waals surface area contributed by atoms with Crippen LogP contribution in [0.1, 0.15) is 91.0 Å². The smallest absolute Gasteiger partial charge is 0.354 e. The van der Waals surface area contributed by atoms with Crippen LogP contribution in [-0.2, 0) is 40.0 Å². The Hall–Kier alpha value is -4.19. The number of nitrogens with zero attached hydrogens (tertiary/aromatic N) is 3. The lowest BCUT2D eigenvalue weighted by Gasteiger charge is -2.44. The van der Waals surface area contributed by atoms with E-state index in [0.29, 0.717) is 28.3 Å². The molecule has 0 bridgehead atoms. The zero-order valence-corrected chi connectivity index (χ0v) is 36.8. The van der Waals surface area contributed by atoms with Crippen LogP contribution < -0.4 is 21.3 Å². The molecule has 340 valence electrons. The molecule has 2 saturated heterocycles. The number of likely N-dealkylation sites (N-methyl/N-ethyl adjacent to an activating group) is 2. The predicted octanol–water partition coefficient (Wildman–Crippen LogP) is 4.09. The minimum absolute atomic E-state index is 0.0426. The van der Waals surface area contributed by atoms with Crippen LogP contribution in [0.5, 0.6) is 0 Å². The molecule has 7 atom stereocenters. The summed E-state index contributed by atoms with van der Waals surface area (Å²) in [7, 11) is 2.72. The van der Waals surface area contributed by atoms with Crippen LogP contribution in [0, 0.1) is 11.3 Å². The molecule has 1 aromatic rings. The fourth-order valence-electron chi connectivity index (χ4n) is 8.06. The summed E-state index contributed by atoms with van der Waals surface area (Å²) in [6.45, 7) is 6.15. The van der Waals surface area contributed by atoms with Gasteiger partial charge in [0, 0.05) is 43.5 Å². The molecule has 14 nitrogen and oxygen atoms in total. The summed E-state index contributed by atoms with van der Waals surface area (Å²) in [6.07, 6.45) is -7.35. The molecule has 3 fully saturated rings. The summed E-state index contributed by atoms with van der Waals surface area (Å²) >= 11 is 12.7. The fraction of sp³-hybridized carbons (Fsp3) is 0.683. The maximum absolute atomic E-state index is 14.7. The maximum atomic E-state index is 14.7. The van der Waals surface area contributed by atoms with E-state index in [2.05, 4.69) is 21.3 Å². The van der Waals surface area contributed by atoms with Gasteiger partial charge in [-0.2, -0.15) is 13.2 Å². The highest BCUT2D eigenvalue weighted by atomic mass is 35.5. The van der Waals surface area contributed by atoms with Gasteiger partial charge in [-0.25, -0.2) is 4.39 Å². The zero-order valence-electron chi connectivity index (χ0n) is 35.3. The second-order valence-corrected chi connectivity index (χ2v) is 17.6. The molecule has 2 heterocycles. The van der Waals surface area contributed by atoms with Gasteiger partial charge in [0.25, 0.3) is 0 Å². The van der Waals surface area contributed by atoms with Gasteiger partial charge in [-0.3, -0.25) is 33.6 Å². The van der Waals surface area contributed by atoms with Crippen molar-refractivity contribution >= 4 is 64.6 Å². The Kier molecular flexibility index (Phi) is 16.9. The Morgan fingerprint density at radius 1 is 1.02 bits per heavy atom. The lowest BCUT2D eigenvalue weighted by atomic mass is 9.67. The molecule has 1 saturated carbocycles. The SMILES string of the molecule is CC[C@H](NC(=O)[C@@H]1C[C@@H](F)CN1C(=O)C1(C(F)(F)F)CCC1)C(=O)N(C)[C@H]1CCCCNC(=O)[C@@H](C)NC(=O)[C@H](Cc2cc(Cl)ccc2Cl)N(C)C(=O)[C@H](CC(C)C)NC1=O. The Morgan fingerprint density at radius 2 is 1.69 bits per heavy atom. The number of rotatable bonds is 10. The third-order valence-corrected chi connectivity index (χ3v) is 12.5. The molecule has 1 aromatic carbocycles. The fourth-order valence-corrected chi connectivity index (χ4v) is 8.45. The van der Waals surface area contributed by atoms with E-state index >= 15 is 0 Å². The molecule has 0 spiro atoms. The number of hydrogen-bond acceptors (Lipinski definition) is 7. The van der Waals surface area contributed by atoms with Gasteiger partial charge in [-0.05, 0) is 81.5 Å². The van der Waals surface area contributed by atoms with Crippen molar-refractivity contribution in [1.82, 2.24) is 36.0 Å². The van der Waals surface area contributed by atoms with E-state index in [1.54, 1.807) is 25.1 Å². The molecule has 4 rings (SSSR count). The van der Waals surface area contributed by atoms with Crippen molar-refractivity contribution < 1.29 is 51.1 Å². The maximum Gasteiger partial charge on any atom is 0.403 e. The molecular weight excluding hydrogens is 849 g/mol. The van der Waals surface area contributed by atoms with Crippen molar-refractivity contribution in [3.8, 4) is 0 Å². The summed E-state index contributed by atoms with van der Waals surface area (Å²) in [5.74, 6) is -5.82. The van der Waals surface area contributed by atoms with Gasteiger partial charge < -0.3 is 36.0 Å². The van der Waals surface area contributed by atoms with Crippen molar-refractivity contribution in [2.75, 3.05) is 27.2 Å². The third kappa shape index (κ3) is 11.6. The quantitative estimate of drug-likeness (QED) is 0.256. The van der Waals surface area contributed by atoms with Gasteiger partial charge in [0.05, 0.1) is 6.54 Å². The van der Waals surface area contributed by atoms with E-state index in [-0.39, 0.29) is 49.6 Å². The summed E-state index contributed by atoms with van der Waals surface area (Å²) in [5.41, 5.74) is -2.25. The van der Waals surface area contributed by atoms with E-state index in [9.17, 15) is 51.1 Å². The van der Waals surface area contributed by atoms with Crippen LogP contribution in [0.15, 0.2) is 18.2 Å². The Bertz CT molecular complexity index is 1820. The number of likely N-dealkylation sites (tertiary alicyclic amines) is 1. The lowest BCUT2D eigenvalue weighted by molar-refractivity contribution is -0.248. The first-order valence-electron chi connectivity index (χ1n) is 20.7. The monoisotopic (exact) mass is 905 g/mol. The molecule has 0 radical (unpaired) electrons. The Morgan fingerprint density at radius 3 is 2.28 bits per heavy atom. The first-order valence-corrected chi connectivity index (χ1v) is 21.5. The van der Waals surface area contributed by atoms with Crippen LogP contribution in [0.4, 0.5) is 17.6 Å². The van der Waals surface area contributed by atoms with Crippen LogP contribution in [0.2, 0.25) is 10.0 Å². The predicted molar refractivity (Wildman–Crippen MR) is 219 cm³/mol. The van der Waals surface area contributed by atoms with Crippen LogP contribution in [0.3, 0.4) is 0 Å². The van der Waals surface area contributed by atoms with Gasteiger partial charge >= 0.3 is 6.18 Å². The summed E-state index contributed by atoms with van der Waals surface area (Å²) in [6, 6.07) is -2.92. The average Bonchev–Trinajstić information content (AvgIpc) is 3.56. The third-order valence-electron chi connectivity index (χ3n) is 11.9. The van der Waals surface area contributed by atoms with Crippen molar-refractivity contribution in [3.05, 3.63) is 33.8 Å². The van der Waals surface area contributed by atoms with Crippen LogP contribution in [0.25, 0.3) is 0 Å². The highest BCUT2D eigenvalue weighted by Gasteiger charge is 2.65. The Labute approximate surface area is 363 Å². The van der Waals surface area contributed by atoms with E-state index in [4.69, 9.17) is 23.2 Å². The molecule has 4 N–H and O–H groups in total. The number of nitrogens with one attached hydrogen (secondary N) is 4. The largest absolute Gasteiger partial charge is 0.403 e. The van der Waals surface area contributed by atoms with Crippen molar-refractivity contribution in [3.63, 3.8) is 0 Å². The number of hydrogen-bond donors (Lipinski definition) is 4. The van der Waals surface area contributed by atoms with E-state index in [0.717, 1.165) is 4.90 Å². The van der Waals surface area contributed by atoms with Crippen molar-refractivity contribution in [2.24, 2.45) is 11.3 Å². The molecule has 0 aromatic heterocycles. The number of benzene rings is 1. The highest BCUT2D eigenvalue weighted by molar-refractivity contribution is 6.33. The molecule has 2 aliphatic heterocycles. The second-order valence-electron chi connectivity index (χ2n) is 16.8. The second kappa shape index (κ2) is 20.8. The molecular formula is C41H57Cl2F4N7O7. The first kappa shape index (κ1) is 49.5. The van der Waals surface area contributed by atoms with Crippen molar-refractivity contribution in [2.45, 2.75) is 141 Å². The van der Waals surface area contributed by atoms with Gasteiger partial charge in [0.15, 0.2) is 0 Å². The lowest BCUT2D eigenvalue weighted by Crippen LogP contribution is -2.61. The zero-order chi connectivity index (χ0) is 45.6. The summed E-state index contributed by atoms with van der Waals surface area (Å²) in [5, 5.41) is 11.3. The normalized spacial score (nSPS) is 26.2. The molecule has 20 heteroatoms. The number of carbonyl (C=O) groups is 7. The van der Waals surface area contributed by atoms with Crippen LogP contribution >= 0.6 is 23.2 Å². The summed E-state index contributed by atoms with van der Waals surface area (Å²) in [4.78, 5) is 99.5. The number of alkyl halides is 4. The topological polar surface area (TPSA) is 177 Å². The standard InChI is InChI=1S/C41H57Cl2F4N7O7/c1-7-28(50-36(58)32-20-26(44)21-54(32)39(61)40(14-10-15-40)41(45,46)47)37(59)52(5)30-11-8-9-16-48-33(55)23(4)49-35(57)31(19-24-18-25(42)12-13-27(24)43)53(6)38(60)29(17-22(2)3)51-34(30)56/h12-13,18,22-23,26,28-32H,7-11,14-17,19-21H2,1-6H3,(H,48,55)(H,49,57)(H,50,58)(H,51,56)/t23-,26-,28+,29+,30+,31+,32+/m1/s1.